The minimum absolute atomic E-state index is 0.0603. The first-order chi connectivity index (χ1) is 11.5. The fourth-order valence-corrected chi connectivity index (χ4v) is 1.97. The number of anilines is 1. The zero-order valence-corrected chi connectivity index (χ0v) is 12.4. The second-order valence-corrected chi connectivity index (χ2v) is 4.78. The number of urea groups is 1. The third kappa shape index (κ3) is 5.17. The number of hydrogen-bond acceptors (Lipinski definition) is 3. The van der Waals surface area contributed by atoms with E-state index in [1.807, 2.05) is 0 Å². The summed E-state index contributed by atoms with van der Waals surface area (Å²) < 4.78 is 42.0. The Morgan fingerprint density at radius 2 is 1.92 bits per heavy atom. The Hall–Kier alpha value is -2.74. The zero-order chi connectivity index (χ0) is 17.5. The van der Waals surface area contributed by atoms with Gasteiger partial charge in [-0.1, -0.05) is 24.3 Å². The molecule has 1 unspecified atom stereocenters. The van der Waals surface area contributed by atoms with Crippen molar-refractivity contribution < 1.29 is 27.8 Å². The first-order valence-electron chi connectivity index (χ1n) is 6.98. The number of hydrogen-bond donors (Lipinski definition) is 3. The summed E-state index contributed by atoms with van der Waals surface area (Å²) in [5.41, 5.74) is 0.288. The molecule has 0 aromatic heterocycles. The third-order valence-electron chi connectivity index (χ3n) is 3.04. The Balaban J connectivity index is 1.88. The van der Waals surface area contributed by atoms with E-state index in [1.54, 1.807) is 6.07 Å². The van der Waals surface area contributed by atoms with Crippen LogP contribution < -0.4 is 15.4 Å². The molecule has 0 saturated carbocycles. The number of alkyl halides is 2. The second kappa shape index (κ2) is 8.21. The van der Waals surface area contributed by atoms with Gasteiger partial charge in [0.15, 0.2) is 0 Å². The van der Waals surface area contributed by atoms with Crippen LogP contribution in [0.1, 0.15) is 11.7 Å². The minimum Gasteiger partial charge on any atom is -0.435 e. The smallest absolute Gasteiger partial charge is 0.387 e. The quantitative estimate of drug-likeness (QED) is 0.756. The van der Waals surface area contributed by atoms with Crippen LogP contribution in [0.25, 0.3) is 0 Å². The fraction of sp³-hybridized carbons (Fsp3) is 0.188. The van der Waals surface area contributed by atoms with E-state index in [-0.39, 0.29) is 23.5 Å². The molecule has 8 heteroatoms. The number of amides is 2. The van der Waals surface area contributed by atoms with E-state index >= 15 is 0 Å². The standard InChI is InChI=1S/C16H15F3N2O3/c17-13-7-2-1-6-12(13)14(22)9-20-16(23)21-10-4-3-5-11(8-10)24-15(18)19/h1-8,14-15,22H,9H2,(H2,20,21,23). The number of rotatable bonds is 6. The zero-order valence-electron chi connectivity index (χ0n) is 12.4. The number of ether oxygens (including phenoxy) is 1. The van der Waals surface area contributed by atoms with E-state index in [9.17, 15) is 23.1 Å². The summed E-state index contributed by atoms with van der Waals surface area (Å²) in [4.78, 5) is 11.8. The number of halogens is 3. The lowest BCUT2D eigenvalue weighted by Crippen LogP contribution is -2.32. The van der Waals surface area contributed by atoms with Crippen LogP contribution in [-0.4, -0.2) is 24.3 Å². The summed E-state index contributed by atoms with van der Waals surface area (Å²) in [6, 6.07) is 10.4. The summed E-state index contributed by atoms with van der Waals surface area (Å²) in [5.74, 6) is -0.682. The van der Waals surface area contributed by atoms with Crippen molar-refractivity contribution in [3.8, 4) is 5.75 Å². The summed E-state index contributed by atoms with van der Waals surface area (Å²) in [5, 5.41) is 14.6. The molecule has 0 aliphatic heterocycles. The lowest BCUT2D eigenvalue weighted by Gasteiger charge is -2.14. The topological polar surface area (TPSA) is 70.6 Å². The van der Waals surface area contributed by atoms with E-state index in [0.29, 0.717) is 0 Å². The lowest BCUT2D eigenvalue weighted by molar-refractivity contribution is -0.0498. The van der Waals surface area contributed by atoms with E-state index in [4.69, 9.17) is 0 Å². The molecule has 1 atom stereocenters. The first kappa shape index (κ1) is 17.6. The van der Waals surface area contributed by atoms with Crippen molar-refractivity contribution in [2.24, 2.45) is 0 Å². The average molecular weight is 340 g/mol. The molecule has 0 aliphatic rings. The predicted octanol–water partition coefficient (Wildman–Crippen LogP) is 3.28. The summed E-state index contributed by atoms with van der Waals surface area (Å²) in [6.07, 6.45) is -1.22. The molecule has 128 valence electrons. The molecular formula is C16H15F3N2O3. The molecule has 3 N–H and O–H groups in total. The summed E-state index contributed by atoms with van der Waals surface area (Å²) >= 11 is 0. The minimum atomic E-state index is -2.97. The number of aliphatic hydroxyl groups is 1. The van der Waals surface area contributed by atoms with Crippen LogP contribution in [0, 0.1) is 5.82 Å². The molecule has 24 heavy (non-hydrogen) atoms. The molecule has 0 bridgehead atoms. The van der Waals surface area contributed by atoms with Gasteiger partial charge in [-0.3, -0.25) is 0 Å². The first-order valence-corrected chi connectivity index (χ1v) is 6.98. The van der Waals surface area contributed by atoms with Gasteiger partial charge in [0, 0.05) is 23.9 Å². The highest BCUT2D eigenvalue weighted by Crippen LogP contribution is 2.19. The molecule has 0 heterocycles. The molecule has 0 radical (unpaired) electrons. The van der Waals surface area contributed by atoms with Gasteiger partial charge in [-0.15, -0.1) is 0 Å². The van der Waals surface area contributed by atoms with Crippen molar-refractivity contribution in [1.29, 1.82) is 0 Å². The van der Waals surface area contributed by atoms with Gasteiger partial charge in [0.05, 0.1) is 6.10 Å². The molecule has 0 saturated heterocycles. The normalized spacial score (nSPS) is 11.9. The van der Waals surface area contributed by atoms with Crippen LogP contribution in [0.5, 0.6) is 5.75 Å². The van der Waals surface area contributed by atoms with Crippen molar-refractivity contribution in [1.82, 2.24) is 5.32 Å². The molecule has 2 aromatic carbocycles. The van der Waals surface area contributed by atoms with Gasteiger partial charge in [0.2, 0.25) is 0 Å². The molecular weight excluding hydrogens is 325 g/mol. The maximum absolute atomic E-state index is 13.5. The van der Waals surface area contributed by atoms with Crippen molar-refractivity contribution in [2.75, 3.05) is 11.9 Å². The van der Waals surface area contributed by atoms with Gasteiger partial charge in [0.25, 0.3) is 0 Å². The average Bonchev–Trinajstić information content (AvgIpc) is 2.53. The van der Waals surface area contributed by atoms with Gasteiger partial charge < -0.3 is 20.5 Å². The van der Waals surface area contributed by atoms with Gasteiger partial charge >= 0.3 is 12.6 Å². The van der Waals surface area contributed by atoms with Crippen molar-refractivity contribution in [3.63, 3.8) is 0 Å². The molecule has 0 aliphatic carbocycles. The van der Waals surface area contributed by atoms with E-state index in [2.05, 4.69) is 15.4 Å². The van der Waals surface area contributed by atoms with Crippen LogP contribution in [0.2, 0.25) is 0 Å². The number of aliphatic hydroxyl groups excluding tert-OH is 1. The molecule has 2 aromatic rings. The Bertz CT molecular complexity index is 698. The Kier molecular flexibility index (Phi) is 6.02. The van der Waals surface area contributed by atoms with Gasteiger partial charge in [-0.25, -0.2) is 9.18 Å². The van der Waals surface area contributed by atoms with Crippen LogP contribution in [0.4, 0.5) is 23.7 Å². The van der Waals surface area contributed by atoms with Crippen LogP contribution in [0.15, 0.2) is 48.5 Å². The highest BCUT2D eigenvalue weighted by Gasteiger charge is 2.13. The van der Waals surface area contributed by atoms with E-state index in [0.717, 1.165) is 0 Å². The highest BCUT2D eigenvalue weighted by atomic mass is 19.3. The Morgan fingerprint density at radius 3 is 2.62 bits per heavy atom. The van der Waals surface area contributed by atoms with Crippen molar-refractivity contribution in [3.05, 3.63) is 59.9 Å². The van der Waals surface area contributed by atoms with Crippen LogP contribution in [-0.2, 0) is 0 Å². The van der Waals surface area contributed by atoms with Gasteiger partial charge in [-0.2, -0.15) is 8.78 Å². The van der Waals surface area contributed by atoms with Crippen LogP contribution >= 0.6 is 0 Å². The predicted molar refractivity (Wildman–Crippen MR) is 81.5 cm³/mol. The largest absolute Gasteiger partial charge is 0.435 e. The number of nitrogens with one attached hydrogen (secondary N) is 2. The third-order valence-corrected chi connectivity index (χ3v) is 3.04. The number of carbonyl (C=O) groups is 1. The van der Waals surface area contributed by atoms with Crippen molar-refractivity contribution in [2.45, 2.75) is 12.7 Å². The molecule has 0 fully saturated rings. The molecule has 5 nitrogen and oxygen atoms in total. The Morgan fingerprint density at radius 1 is 1.17 bits per heavy atom. The van der Waals surface area contributed by atoms with E-state index < -0.39 is 24.6 Å². The van der Waals surface area contributed by atoms with Crippen molar-refractivity contribution >= 4 is 11.7 Å². The Labute approximate surface area is 136 Å². The number of carbonyl (C=O) groups excluding carboxylic acids is 1. The SMILES string of the molecule is O=C(NCC(O)c1ccccc1F)Nc1cccc(OC(F)F)c1. The maximum Gasteiger partial charge on any atom is 0.387 e. The summed E-state index contributed by atoms with van der Waals surface area (Å²) in [6.45, 7) is -3.19. The van der Waals surface area contributed by atoms with Gasteiger partial charge in [0.1, 0.15) is 11.6 Å². The summed E-state index contributed by atoms with van der Waals surface area (Å²) in [7, 11) is 0. The fourth-order valence-electron chi connectivity index (χ4n) is 1.97. The van der Waals surface area contributed by atoms with Crippen LogP contribution in [0.3, 0.4) is 0 Å². The molecule has 2 rings (SSSR count). The lowest BCUT2D eigenvalue weighted by atomic mass is 10.1. The molecule has 2 amide bonds. The molecule has 0 spiro atoms. The maximum atomic E-state index is 13.5. The monoisotopic (exact) mass is 340 g/mol. The number of benzene rings is 2. The second-order valence-electron chi connectivity index (χ2n) is 4.78. The highest BCUT2D eigenvalue weighted by molar-refractivity contribution is 5.89. The van der Waals surface area contributed by atoms with E-state index in [1.165, 1.54) is 42.5 Å². The van der Waals surface area contributed by atoms with Gasteiger partial charge in [-0.05, 0) is 18.2 Å².